The van der Waals surface area contributed by atoms with Gasteiger partial charge in [-0.2, -0.15) is 0 Å². The van der Waals surface area contributed by atoms with E-state index >= 15 is 0 Å². The second kappa shape index (κ2) is 8.73. The van der Waals surface area contributed by atoms with Gasteiger partial charge in [-0.05, 0) is 41.7 Å². The maximum atomic E-state index is 12.4. The van der Waals surface area contributed by atoms with Crippen molar-refractivity contribution in [3.63, 3.8) is 0 Å². The molecule has 8 nitrogen and oxygen atoms in total. The van der Waals surface area contributed by atoms with Crippen LogP contribution in [-0.2, 0) is 39.0 Å². The third-order valence-electron chi connectivity index (χ3n) is 5.01. The largest absolute Gasteiger partial charge is 0.368 e. The monoisotopic (exact) mass is 416 g/mol. The van der Waals surface area contributed by atoms with E-state index in [1.807, 2.05) is 24.3 Å². The molecular weight excluding hydrogens is 392 g/mol. The zero-order valence-electron chi connectivity index (χ0n) is 15.9. The molecule has 154 valence electrons. The van der Waals surface area contributed by atoms with Gasteiger partial charge in [-0.3, -0.25) is 14.5 Å². The molecule has 1 atom stereocenters. The first-order valence-corrected chi connectivity index (χ1v) is 10.8. The Kier molecular flexibility index (Phi) is 6.31. The number of hydrogen-bond acceptors (Lipinski definition) is 5. The lowest BCUT2D eigenvalue weighted by atomic mass is 9.93. The van der Waals surface area contributed by atoms with E-state index in [-0.39, 0.29) is 17.3 Å². The summed E-state index contributed by atoms with van der Waals surface area (Å²) in [6.07, 6.45) is 1.04. The van der Waals surface area contributed by atoms with E-state index in [1.165, 1.54) is 12.1 Å². The van der Waals surface area contributed by atoms with Crippen molar-refractivity contribution < 1.29 is 18.0 Å². The number of fused-ring (bicyclic) bond motifs is 1. The summed E-state index contributed by atoms with van der Waals surface area (Å²) >= 11 is 0. The minimum Gasteiger partial charge on any atom is -0.368 e. The minimum absolute atomic E-state index is 0.0492. The molecule has 5 N–H and O–H groups in total. The van der Waals surface area contributed by atoms with E-state index < -0.39 is 22.0 Å². The minimum atomic E-state index is -3.72. The quantitative estimate of drug-likeness (QED) is 0.579. The number of benzene rings is 2. The van der Waals surface area contributed by atoms with Crippen molar-refractivity contribution in [3.8, 4) is 0 Å². The van der Waals surface area contributed by atoms with Crippen LogP contribution in [0.1, 0.15) is 16.7 Å². The molecule has 1 aliphatic rings. The molecule has 3 rings (SSSR count). The smallest absolute Gasteiger partial charge is 0.238 e. The van der Waals surface area contributed by atoms with Crippen molar-refractivity contribution in [2.45, 2.75) is 30.3 Å². The third kappa shape index (κ3) is 5.41. The molecule has 0 fully saturated rings. The number of rotatable bonds is 7. The number of primary sulfonamides is 1. The molecule has 0 aromatic heterocycles. The highest BCUT2D eigenvalue weighted by Gasteiger charge is 2.31. The molecule has 9 heteroatoms. The summed E-state index contributed by atoms with van der Waals surface area (Å²) in [5.74, 6) is -0.640. The average Bonchev–Trinajstić information content (AvgIpc) is 2.67. The molecule has 0 radical (unpaired) electrons. The molecule has 2 aromatic rings. The number of carbonyl (C=O) groups is 2. The van der Waals surface area contributed by atoms with E-state index in [0.717, 1.165) is 16.7 Å². The fourth-order valence-corrected chi connectivity index (χ4v) is 3.97. The van der Waals surface area contributed by atoms with Gasteiger partial charge in [-0.1, -0.05) is 36.4 Å². The zero-order chi connectivity index (χ0) is 21.0. The molecule has 2 amide bonds. The molecule has 0 aliphatic carbocycles. The molecule has 1 aliphatic heterocycles. The number of sulfonamides is 1. The average molecular weight is 417 g/mol. The van der Waals surface area contributed by atoms with Crippen LogP contribution in [0.5, 0.6) is 0 Å². The van der Waals surface area contributed by atoms with Crippen LogP contribution in [0.3, 0.4) is 0 Å². The van der Waals surface area contributed by atoms with Gasteiger partial charge in [0.1, 0.15) is 0 Å². The van der Waals surface area contributed by atoms with Crippen LogP contribution < -0.4 is 16.2 Å². The van der Waals surface area contributed by atoms with Gasteiger partial charge in [0, 0.05) is 13.1 Å². The van der Waals surface area contributed by atoms with Crippen molar-refractivity contribution in [2.75, 3.05) is 13.1 Å². The summed E-state index contributed by atoms with van der Waals surface area (Å²) in [5, 5.41) is 7.91. The van der Waals surface area contributed by atoms with E-state index in [4.69, 9.17) is 10.9 Å². The van der Waals surface area contributed by atoms with Crippen molar-refractivity contribution in [3.05, 3.63) is 65.2 Å². The topological polar surface area (TPSA) is 136 Å². The van der Waals surface area contributed by atoms with Gasteiger partial charge in [0.2, 0.25) is 21.8 Å². The first-order valence-electron chi connectivity index (χ1n) is 9.22. The number of nitrogens with one attached hydrogen (secondary N) is 1. The Labute approximate surface area is 169 Å². The molecule has 2 aromatic carbocycles. The van der Waals surface area contributed by atoms with Crippen LogP contribution in [0.2, 0.25) is 0 Å². The third-order valence-corrected chi connectivity index (χ3v) is 5.94. The Morgan fingerprint density at radius 2 is 1.72 bits per heavy atom. The van der Waals surface area contributed by atoms with Gasteiger partial charge in [0.25, 0.3) is 0 Å². The lowest BCUT2D eigenvalue weighted by Gasteiger charge is -2.34. The van der Waals surface area contributed by atoms with Crippen molar-refractivity contribution in [2.24, 2.45) is 10.9 Å². The molecule has 0 saturated heterocycles. The second-order valence-electron chi connectivity index (χ2n) is 7.08. The summed E-state index contributed by atoms with van der Waals surface area (Å²) in [4.78, 5) is 26.1. The number of carbonyl (C=O) groups excluding carboxylic acids is 2. The summed E-state index contributed by atoms with van der Waals surface area (Å²) in [6.45, 7) is 0.956. The molecule has 0 spiro atoms. The maximum absolute atomic E-state index is 12.4. The Hall–Kier alpha value is -2.75. The molecule has 29 heavy (non-hydrogen) atoms. The van der Waals surface area contributed by atoms with Gasteiger partial charge in [0.05, 0.1) is 17.5 Å². The molecular formula is C20H24N4O4S. The number of amides is 2. The Morgan fingerprint density at radius 1 is 1.07 bits per heavy atom. The van der Waals surface area contributed by atoms with Crippen LogP contribution in [0.4, 0.5) is 0 Å². The fourth-order valence-electron chi connectivity index (χ4n) is 3.46. The Morgan fingerprint density at radius 3 is 2.34 bits per heavy atom. The first-order chi connectivity index (χ1) is 13.7. The standard InChI is InChI=1S/C20H24N4O4S/c21-20(26)18-11-15-3-1-2-4-16(15)12-24(18)13-19(25)23-10-9-14-5-7-17(8-6-14)29(22,27)28/h1-8,18H,9-13H2,(H2,21,26)(H,23,25)(H2,22,27,28)/t18-/m0/s1. The summed E-state index contributed by atoms with van der Waals surface area (Å²) in [6, 6.07) is 13.5. The fraction of sp³-hybridized carbons (Fsp3) is 0.300. The number of primary amides is 1. The van der Waals surface area contributed by atoms with Gasteiger partial charge in [-0.15, -0.1) is 0 Å². The molecule has 0 unspecified atom stereocenters. The van der Waals surface area contributed by atoms with Crippen LogP contribution in [0, 0.1) is 0 Å². The molecule has 0 saturated carbocycles. The Balaban J connectivity index is 1.54. The van der Waals surface area contributed by atoms with Gasteiger partial charge in [-0.25, -0.2) is 13.6 Å². The second-order valence-corrected chi connectivity index (χ2v) is 8.65. The number of hydrogen-bond donors (Lipinski definition) is 3. The van der Waals surface area contributed by atoms with Crippen LogP contribution >= 0.6 is 0 Å². The summed E-state index contributed by atoms with van der Waals surface area (Å²) in [7, 11) is -3.72. The highest BCUT2D eigenvalue weighted by Crippen LogP contribution is 2.22. The van der Waals surface area contributed by atoms with E-state index in [1.54, 1.807) is 17.0 Å². The normalized spacial score (nSPS) is 16.8. The van der Waals surface area contributed by atoms with Gasteiger partial charge in [0.15, 0.2) is 0 Å². The van der Waals surface area contributed by atoms with E-state index in [0.29, 0.717) is 25.9 Å². The Bertz CT molecular complexity index is 1010. The van der Waals surface area contributed by atoms with E-state index in [9.17, 15) is 18.0 Å². The lowest BCUT2D eigenvalue weighted by molar-refractivity contribution is -0.127. The summed E-state index contributed by atoms with van der Waals surface area (Å²) in [5.41, 5.74) is 8.59. The molecule has 1 heterocycles. The van der Waals surface area contributed by atoms with Crippen molar-refractivity contribution in [1.29, 1.82) is 0 Å². The number of nitrogens with two attached hydrogens (primary N) is 2. The highest BCUT2D eigenvalue weighted by molar-refractivity contribution is 7.89. The van der Waals surface area contributed by atoms with E-state index in [2.05, 4.69) is 5.32 Å². The van der Waals surface area contributed by atoms with Crippen LogP contribution in [0.15, 0.2) is 53.4 Å². The van der Waals surface area contributed by atoms with Gasteiger partial charge >= 0.3 is 0 Å². The first kappa shape index (κ1) is 21.0. The maximum Gasteiger partial charge on any atom is 0.238 e. The predicted octanol–water partition coefficient (Wildman–Crippen LogP) is -0.0951. The molecule has 0 bridgehead atoms. The number of nitrogens with zero attached hydrogens (tertiary/aromatic N) is 1. The van der Waals surface area contributed by atoms with Crippen LogP contribution in [0.25, 0.3) is 0 Å². The SMILES string of the molecule is NC(=O)[C@@H]1Cc2ccccc2CN1CC(=O)NCCc1ccc(S(N)(=O)=O)cc1. The van der Waals surface area contributed by atoms with Crippen molar-refractivity contribution >= 4 is 21.8 Å². The summed E-state index contributed by atoms with van der Waals surface area (Å²) < 4.78 is 22.5. The van der Waals surface area contributed by atoms with Crippen molar-refractivity contribution in [1.82, 2.24) is 10.2 Å². The van der Waals surface area contributed by atoms with Crippen LogP contribution in [-0.4, -0.2) is 44.3 Å². The zero-order valence-corrected chi connectivity index (χ0v) is 16.7. The highest BCUT2D eigenvalue weighted by atomic mass is 32.2. The predicted molar refractivity (Wildman–Crippen MR) is 108 cm³/mol. The lowest BCUT2D eigenvalue weighted by Crippen LogP contribution is -2.51. The van der Waals surface area contributed by atoms with Gasteiger partial charge < -0.3 is 11.1 Å².